The minimum Gasteiger partial charge on any atom is -0.477 e. The van der Waals surface area contributed by atoms with Crippen molar-refractivity contribution in [2.24, 2.45) is 0 Å². The van der Waals surface area contributed by atoms with Crippen LogP contribution in [0.4, 0.5) is 5.69 Å². The second-order valence-corrected chi connectivity index (χ2v) is 3.38. The van der Waals surface area contributed by atoms with Gasteiger partial charge in [-0.25, -0.2) is 9.47 Å². The van der Waals surface area contributed by atoms with Gasteiger partial charge in [-0.05, 0) is 24.3 Å². The van der Waals surface area contributed by atoms with E-state index in [9.17, 15) is 9.59 Å². The lowest BCUT2D eigenvalue weighted by Crippen LogP contribution is -2.30. The Bertz CT molecular complexity index is 590. The number of rotatable bonds is 3. The molecular weight excluding hydrogens is 220 g/mol. The van der Waals surface area contributed by atoms with Crippen molar-refractivity contribution in [1.82, 2.24) is 4.68 Å². The Hall–Kier alpha value is -2.56. The molecule has 5 heteroatoms. The van der Waals surface area contributed by atoms with E-state index in [4.69, 9.17) is 5.11 Å². The summed E-state index contributed by atoms with van der Waals surface area (Å²) in [5.74, 6) is -1.24. The Kier molecular flexibility index (Phi) is 2.91. The van der Waals surface area contributed by atoms with Gasteiger partial charge >= 0.3 is 5.97 Å². The fourth-order valence-electron chi connectivity index (χ4n) is 1.40. The third-order valence-corrected chi connectivity index (χ3v) is 2.20. The molecule has 0 aliphatic rings. The molecule has 2 rings (SSSR count). The fraction of sp³-hybridized carbons (Fsp3) is 0. The van der Waals surface area contributed by atoms with Crippen LogP contribution in [0.2, 0.25) is 0 Å². The molecule has 1 aromatic carbocycles. The molecule has 1 heterocycles. The van der Waals surface area contributed by atoms with Crippen molar-refractivity contribution < 1.29 is 9.90 Å². The highest BCUT2D eigenvalue weighted by Crippen LogP contribution is 2.04. The van der Waals surface area contributed by atoms with Gasteiger partial charge in [-0.3, -0.25) is 10.2 Å². The highest BCUT2D eigenvalue weighted by molar-refractivity contribution is 5.87. The highest BCUT2D eigenvalue weighted by Gasteiger charge is 2.09. The van der Waals surface area contributed by atoms with E-state index in [-0.39, 0.29) is 5.56 Å². The molecule has 0 aliphatic heterocycles. The summed E-state index contributed by atoms with van der Waals surface area (Å²) in [6, 6.07) is 11.8. The van der Waals surface area contributed by atoms with Crippen molar-refractivity contribution in [3.8, 4) is 0 Å². The smallest absolute Gasteiger partial charge is 0.341 e. The number of hydrogen-bond donors (Lipinski definition) is 2. The van der Waals surface area contributed by atoms with Crippen LogP contribution in [0.1, 0.15) is 10.4 Å². The van der Waals surface area contributed by atoms with Gasteiger partial charge in [0.15, 0.2) is 0 Å². The third-order valence-electron chi connectivity index (χ3n) is 2.20. The normalized spacial score (nSPS) is 9.88. The molecule has 0 fully saturated rings. The maximum atomic E-state index is 11.7. The SMILES string of the molecule is O=C(O)c1cccn(Nc2ccccc2)c1=O. The molecule has 2 aromatic rings. The van der Waals surface area contributed by atoms with Crippen molar-refractivity contribution in [1.29, 1.82) is 0 Å². The number of carboxylic acids is 1. The molecule has 0 saturated heterocycles. The number of carbonyl (C=O) groups is 1. The van der Waals surface area contributed by atoms with Gasteiger partial charge in [0.1, 0.15) is 5.56 Å². The largest absolute Gasteiger partial charge is 0.477 e. The molecule has 0 radical (unpaired) electrons. The first-order valence-electron chi connectivity index (χ1n) is 4.95. The number of pyridine rings is 1. The van der Waals surface area contributed by atoms with Gasteiger partial charge in [-0.2, -0.15) is 0 Å². The van der Waals surface area contributed by atoms with Gasteiger partial charge in [0.2, 0.25) is 0 Å². The molecule has 0 saturated carbocycles. The van der Waals surface area contributed by atoms with Crippen LogP contribution in [0.5, 0.6) is 0 Å². The number of para-hydroxylation sites is 1. The molecule has 5 nitrogen and oxygen atoms in total. The van der Waals surface area contributed by atoms with Crippen LogP contribution < -0.4 is 11.0 Å². The number of nitrogens with one attached hydrogen (secondary N) is 1. The summed E-state index contributed by atoms with van der Waals surface area (Å²) in [7, 11) is 0. The number of hydrogen-bond acceptors (Lipinski definition) is 3. The van der Waals surface area contributed by atoms with Crippen LogP contribution in [0, 0.1) is 0 Å². The minimum absolute atomic E-state index is 0.268. The zero-order valence-corrected chi connectivity index (χ0v) is 8.83. The molecule has 2 N–H and O–H groups in total. The molecule has 0 bridgehead atoms. The van der Waals surface area contributed by atoms with Crippen LogP contribution in [-0.4, -0.2) is 15.8 Å². The molecule has 17 heavy (non-hydrogen) atoms. The zero-order valence-electron chi connectivity index (χ0n) is 8.83. The number of nitrogens with zero attached hydrogens (tertiary/aromatic N) is 1. The van der Waals surface area contributed by atoms with E-state index in [0.717, 1.165) is 4.68 Å². The zero-order chi connectivity index (χ0) is 12.3. The summed E-state index contributed by atoms with van der Waals surface area (Å²) in [6.45, 7) is 0. The van der Waals surface area contributed by atoms with Gasteiger partial charge in [-0.15, -0.1) is 0 Å². The van der Waals surface area contributed by atoms with Crippen molar-refractivity contribution in [2.45, 2.75) is 0 Å². The Balaban J connectivity index is 2.38. The monoisotopic (exact) mass is 230 g/mol. The maximum Gasteiger partial charge on any atom is 0.341 e. The number of aromatic carboxylic acids is 1. The number of carboxylic acid groups (broad SMARTS) is 1. The lowest BCUT2D eigenvalue weighted by molar-refractivity contribution is 0.0694. The summed E-state index contributed by atoms with van der Waals surface area (Å²) in [5.41, 5.74) is 2.65. The Morgan fingerprint density at radius 2 is 1.82 bits per heavy atom. The van der Waals surface area contributed by atoms with Gasteiger partial charge < -0.3 is 5.11 Å². The van der Waals surface area contributed by atoms with Crippen LogP contribution in [0.25, 0.3) is 0 Å². The number of benzene rings is 1. The molecule has 1 aromatic heterocycles. The lowest BCUT2D eigenvalue weighted by Gasteiger charge is -2.09. The van der Waals surface area contributed by atoms with Crippen molar-refractivity contribution >= 4 is 11.7 Å². The summed E-state index contributed by atoms with van der Waals surface area (Å²) < 4.78 is 1.14. The van der Waals surface area contributed by atoms with E-state index in [1.165, 1.54) is 18.3 Å². The predicted octanol–water partition coefficient (Wildman–Crippen LogP) is 1.42. The maximum absolute atomic E-state index is 11.7. The lowest BCUT2D eigenvalue weighted by atomic mass is 10.3. The average Bonchev–Trinajstić information content (AvgIpc) is 2.33. The quantitative estimate of drug-likeness (QED) is 0.836. The minimum atomic E-state index is -1.24. The van der Waals surface area contributed by atoms with E-state index < -0.39 is 11.5 Å². The average molecular weight is 230 g/mol. The van der Waals surface area contributed by atoms with E-state index in [1.54, 1.807) is 12.1 Å². The number of anilines is 1. The molecule has 0 aliphatic carbocycles. The summed E-state index contributed by atoms with van der Waals surface area (Å²) in [5, 5.41) is 8.82. The molecular formula is C12H10N2O3. The van der Waals surface area contributed by atoms with Gasteiger partial charge in [0, 0.05) is 6.20 Å². The van der Waals surface area contributed by atoms with E-state index in [2.05, 4.69) is 5.43 Å². The van der Waals surface area contributed by atoms with Gasteiger partial charge in [0.25, 0.3) is 5.56 Å². The number of aromatic nitrogens is 1. The highest BCUT2D eigenvalue weighted by atomic mass is 16.4. The second-order valence-electron chi connectivity index (χ2n) is 3.38. The summed E-state index contributed by atoms with van der Waals surface area (Å²) >= 11 is 0. The van der Waals surface area contributed by atoms with Crippen molar-refractivity contribution in [3.63, 3.8) is 0 Å². The summed E-state index contributed by atoms with van der Waals surface area (Å²) in [6.07, 6.45) is 1.47. The molecule has 86 valence electrons. The van der Waals surface area contributed by atoms with E-state index in [0.29, 0.717) is 5.69 Å². The van der Waals surface area contributed by atoms with Crippen molar-refractivity contribution in [3.05, 3.63) is 64.6 Å². The second kappa shape index (κ2) is 4.52. The molecule has 0 unspecified atom stereocenters. The van der Waals surface area contributed by atoms with Crippen molar-refractivity contribution in [2.75, 3.05) is 5.43 Å². The fourth-order valence-corrected chi connectivity index (χ4v) is 1.40. The van der Waals surface area contributed by atoms with Gasteiger partial charge in [0.05, 0.1) is 5.69 Å². The van der Waals surface area contributed by atoms with E-state index in [1.807, 2.05) is 18.2 Å². The first kappa shape index (κ1) is 10.9. The Morgan fingerprint density at radius 3 is 2.47 bits per heavy atom. The predicted molar refractivity (Wildman–Crippen MR) is 63.1 cm³/mol. The molecule has 0 spiro atoms. The van der Waals surface area contributed by atoms with Crippen LogP contribution in [0.15, 0.2) is 53.5 Å². The van der Waals surface area contributed by atoms with E-state index >= 15 is 0 Å². The standard InChI is InChI=1S/C12H10N2O3/c15-11-10(12(16)17)7-4-8-14(11)13-9-5-2-1-3-6-9/h1-8,13H,(H,16,17). The first-order chi connectivity index (χ1) is 8.18. The Labute approximate surface area is 96.9 Å². The molecule has 0 amide bonds. The summed E-state index contributed by atoms with van der Waals surface area (Å²) in [4.78, 5) is 22.5. The third kappa shape index (κ3) is 2.34. The van der Waals surface area contributed by atoms with Crippen LogP contribution in [-0.2, 0) is 0 Å². The Morgan fingerprint density at radius 1 is 1.12 bits per heavy atom. The van der Waals surface area contributed by atoms with Crippen LogP contribution >= 0.6 is 0 Å². The molecule has 0 atom stereocenters. The first-order valence-corrected chi connectivity index (χ1v) is 4.95. The van der Waals surface area contributed by atoms with Gasteiger partial charge in [-0.1, -0.05) is 18.2 Å². The van der Waals surface area contributed by atoms with Crippen LogP contribution in [0.3, 0.4) is 0 Å². The topological polar surface area (TPSA) is 71.3 Å².